The van der Waals surface area contributed by atoms with Gasteiger partial charge < -0.3 is 5.32 Å². The predicted octanol–water partition coefficient (Wildman–Crippen LogP) is 3.44. The molecular formula is C17H32N2. The molecule has 0 aromatic heterocycles. The number of hydrogen-bond acceptors (Lipinski definition) is 2. The molecule has 0 bridgehead atoms. The van der Waals surface area contributed by atoms with Crippen LogP contribution in [0.25, 0.3) is 0 Å². The molecule has 0 amide bonds. The molecule has 19 heavy (non-hydrogen) atoms. The molecule has 2 nitrogen and oxygen atoms in total. The van der Waals surface area contributed by atoms with Crippen molar-refractivity contribution in [2.24, 2.45) is 11.8 Å². The Bertz CT molecular complexity index is 292. The van der Waals surface area contributed by atoms with Crippen LogP contribution < -0.4 is 5.32 Å². The largest absolute Gasteiger partial charge is 0.311 e. The second kappa shape index (κ2) is 6.90. The number of piperazine rings is 1. The van der Waals surface area contributed by atoms with Gasteiger partial charge in [0.2, 0.25) is 0 Å². The van der Waals surface area contributed by atoms with E-state index in [1.54, 1.807) is 0 Å². The fraction of sp³-hybridized carbons (Fsp3) is 0.882. The summed E-state index contributed by atoms with van der Waals surface area (Å²) < 4.78 is 0. The Kier molecular flexibility index (Phi) is 5.47. The van der Waals surface area contributed by atoms with E-state index in [9.17, 15) is 0 Å². The van der Waals surface area contributed by atoms with Gasteiger partial charge in [0.05, 0.1) is 0 Å². The second-order valence-corrected chi connectivity index (χ2v) is 7.11. The van der Waals surface area contributed by atoms with Crippen molar-refractivity contribution in [3.05, 3.63) is 12.2 Å². The first kappa shape index (κ1) is 15.1. The summed E-state index contributed by atoms with van der Waals surface area (Å²) in [5.41, 5.74) is 1.30. The molecule has 1 saturated heterocycles. The Morgan fingerprint density at radius 1 is 1.26 bits per heavy atom. The molecule has 0 aromatic rings. The number of nitrogens with one attached hydrogen (secondary N) is 1. The average Bonchev–Trinajstić information content (AvgIpc) is 2.38. The van der Waals surface area contributed by atoms with Gasteiger partial charge in [0.25, 0.3) is 0 Å². The Morgan fingerprint density at radius 2 is 1.95 bits per heavy atom. The highest BCUT2D eigenvalue weighted by Gasteiger charge is 2.33. The minimum absolute atomic E-state index is 0.677. The molecule has 2 aliphatic rings. The highest BCUT2D eigenvalue weighted by Crippen LogP contribution is 2.29. The predicted molar refractivity (Wildman–Crippen MR) is 83.4 cm³/mol. The molecule has 1 aliphatic heterocycles. The molecule has 1 heterocycles. The van der Waals surface area contributed by atoms with E-state index >= 15 is 0 Å². The Morgan fingerprint density at radius 3 is 2.53 bits per heavy atom. The lowest BCUT2D eigenvalue weighted by atomic mass is 9.82. The van der Waals surface area contributed by atoms with E-state index in [1.165, 1.54) is 44.2 Å². The van der Waals surface area contributed by atoms with Crippen molar-refractivity contribution in [1.29, 1.82) is 0 Å². The molecule has 2 unspecified atom stereocenters. The molecule has 1 N–H and O–H groups in total. The minimum atomic E-state index is 0.677. The van der Waals surface area contributed by atoms with Crippen molar-refractivity contribution in [1.82, 2.24) is 10.2 Å². The van der Waals surface area contributed by atoms with Crippen LogP contribution in [0.1, 0.15) is 52.9 Å². The van der Waals surface area contributed by atoms with Gasteiger partial charge in [0.1, 0.15) is 0 Å². The van der Waals surface area contributed by atoms with Crippen LogP contribution in [-0.2, 0) is 0 Å². The zero-order valence-electron chi connectivity index (χ0n) is 13.1. The summed E-state index contributed by atoms with van der Waals surface area (Å²) >= 11 is 0. The monoisotopic (exact) mass is 264 g/mol. The van der Waals surface area contributed by atoms with Crippen LogP contribution in [0.2, 0.25) is 0 Å². The average molecular weight is 264 g/mol. The lowest BCUT2D eigenvalue weighted by Crippen LogP contribution is -2.60. The van der Waals surface area contributed by atoms with Gasteiger partial charge in [-0.25, -0.2) is 0 Å². The van der Waals surface area contributed by atoms with Crippen LogP contribution in [-0.4, -0.2) is 36.6 Å². The molecule has 1 aliphatic carbocycles. The van der Waals surface area contributed by atoms with E-state index in [4.69, 9.17) is 0 Å². The van der Waals surface area contributed by atoms with Gasteiger partial charge in [0.15, 0.2) is 0 Å². The van der Waals surface area contributed by atoms with Crippen LogP contribution in [0.4, 0.5) is 0 Å². The zero-order valence-corrected chi connectivity index (χ0v) is 13.1. The molecule has 2 atom stereocenters. The summed E-state index contributed by atoms with van der Waals surface area (Å²) in [6.45, 7) is 14.4. The summed E-state index contributed by atoms with van der Waals surface area (Å²) in [6, 6.07) is 1.39. The Hall–Kier alpha value is -0.340. The second-order valence-electron chi connectivity index (χ2n) is 7.11. The van der Waals surface area contributed by atoms with E-state index in [2.05, 4.69) is 37.6 Å². The highest BCUT2D eigenvalue weighted by molar-refractivity contribution is 4.99. The molecule has 0 radical (unpaired) electrons. The van der Waals surface area contributed by atoms with Crippen molar-refractivity contribution in [2.75, 3.05) is 19.6 Å². The topological polar surface area (TPSA) is 15.3 Å². The van der Waals surface area contributed by atoms with Gasteiger partial charge in [-0.1, -0.05) is 45.3 Å². The first-order valence-electron chi connectivity index (χ1n) is 8.19. The molecule has 0 aromatic carbocycles. The Balaban J connectivity index is 1.96. The third-order valence-corrected chi connectivity index (χ3v) is 4.95. The van der Waals surface area contributed by atoms with E-state index in [0.717, 1.165) is 31.0 Å². The number of hydrogen-bond donors (Lipinski definition) is 1. The summed E-state index contributed by atoms with van der Waals surface area (Å²) in [5, 5.41) is 3.85. The molecular weight excluding hydrogens is 232 g/mol. The summed E-state index contributed by atoms with van der Waals surface area (Å²) in [4.78, 5) is 2.68. The van der Waals surface area contributed by atoms with Crippen LogP contribution in [0.3, 0.4) is 0 Å². The number of rotatable bonds is 4. The quantitative estimate of drug-likeness (QED) is 0.783. The van der Waals surface area contributed by atoms with Crippen molar-refractivity contribution in [3.63, 3.8) is 0 Å². The third-order valence-electron chi connectivity index (χ3n) is 4.95. The van der Waals surface area contributed by atoms with Crippen molar-refractivity contribution < 1.29 is 0 Å². The standard InChI is InChI=1S/C17H32N2/c1-13(2)11-19-12-16(15-8-6-5-7-9-15)18-10-17(19)14(3)4/h14-18H,1,5-12H2,2-4H3. The molecule has 1 saturated carbocycles. The zero-order chi connectivity index (χ0) is 13.8. The van der Waals surface area contributed by atoms with Gasteiger partial charge in [-0.2, -0.15) is 0 Å². The fourth-order valence-electron chi connectivity index (χ4n) is 3.89. The maximum absolute atomic E-state index is 4.12. The van der Waals surface area contributed by atoms with E-state index in [1.807, 2.05) is 0 Å². The smallest absolute Gasteiger partial charge is 0.0247 e. The fourth-order valence-corrected chi connectivity index (χ4v) is 3.89. The van der Waals surface area contributed by atoms with Gasteiger partial charge in [-0.15, -0.1) is 0 Å². The van der Waals surface area contributed by atoms with Gasteiger partial charge in [-0.3, -0.25) is 4.90 Å². The van der Waals surface area contributed by atoms with E-state index in [0.29, 0.717) is 6.04 Å². The lowest BCUT2D eigenvalue weighted by Gasteiger charge is -2.45. The van der Waals surface area contributed by atoms with Crippen molar-refractivity contribution in [2.45, 2.75) is 65.0 Å². The van der Waals surface area contributed by atoms with Crippen LogP contribution in [0.15, 0.2) is 12.2 Å². The Labute approximate surface area is 119 Å². The third kappa shape index (κ3) is 4.06. The molecule has 2 heteroatoms. The minimum Gasteiger partial charge on any atom is -0.311 e. The maximum atomic E-state index is 4.12. The molecule has 2 fully saturated rings. The first-order valence-corrected chi connectivity index (χ1v) is 8.19. The van der Waals surface area contributed by atoms with Crippen LogP contribution in [0, 0.1) is 11.8 Å². The molecule has 0 spiro atoms. The summed E-state index contributed by atoms with van der Waals surface area (Å²) in [5.74, 6) is 1.63. The maximum Gasteiger partial charge on any atom is 0.0247 e. The van der Waals surface area contributed by atoms with Gasteiger partial charge >= 0.3 is 0 Å². The summed E-state index contributed by atoms with van der Waals surface area (Å²) in [7, 11) is 0. The van der Waals surface area contributed by atoms with Crippen molar-refractivity contribution >= 4 is 0 Å². The van der Waals surface area contributed by atoms with Gasteiger partial charge in [0, 0.05) is 31.7 Å². The van der Waals surface area contributed by atoms with E-state index in [-0.39, 0.29) is 0 Å². The molecule has 110 valence electrons. The normalized spacial score (nSPS) is 30.7. The SMILES string of the molecule is C=C(C)CN1CC(C2CCCCC2)NCC1C(C)C. The van der Waals surface area contributed by atoms with Crippen molar-refractivity contribution in [3.8, 4) is 0 Å². The summed E-state index contributed by atoms with van der Waals surface area (Å²) in [6.07, 6.45) is 7.21. The highest BCUT2D eigenvalue weighted by atomic mass is 15.2. The number of nitrogens with zero attached hydrogens (tertiary/aromatic N) is 1. The first-order chi connectivity index (χ1) is 9.08. The lowest BCUT2D eigenvalue weighted by molar-refractivity contribution is 0.0803. The van der Waals surface area contributed by atoms with Crippen LogP contribution in [0.5, 0.6) is 0 Å². The van der Waals surface area contributed by atoms with Gasteiger partial charge in [-0.05, 0) is 31.6 Å². The molecule has 2 rings (SSSR count). The van der Waals surface area contributed by atoms with E-state index < -0.39 is 0 Å². The van der Waals surface area contributed by atoms with Crippen LogP contribution >= 0.6 is 0 Å².